The molecule has 0 unspecified atom stereocenters. The van der Waals surface area contributed by atoms with Crippen LogP contribution in [0.25, 0.3) is 10.9 Å². The van der Waals surface area contributed by atoms with E-state index in [1.807, 2.05) is 30.3 Å². The summed E-state index contributed by atoms with van der Waals surface area (Å²) in [6.07, 6.45) is 1.38. The minimum absolute atomic E-state index is 0.242. The lowest BCUT2D eigenvalue weighted by atomic mass is 10.2. The second-order valence-corrected chi connectivity index (χ2v) is 6.80. The van der Waals surface area contributed by atoms with Gasteiger partial charge in [0.25, 0.3) is 5.91 Å². The quantitative estimate of drug-likeness (QED) is 0.471. The van der Waals surface area contributed by atoms with Crippen LogP contribution in [0.15, 0.2) is 67.0 Å². The van der Waals surface area contributed by atoms with Crippen molar-refractivity contribution >= 4 is 28.6 Å². The van der Waals surface area contributed by atoms with Gasteiger partial charge in [0.05, 0.1) is 12.2 Å². The van der Waals surface area contributed by atoms with Crippen LogP contribution in [0.4, 0.5) is 0 Å². The van der Waals surface area contributed by atoms with E-state index < -0.39 is 0 Å². The third kappa shape index (κ3) is 4.37. The number of hydrogen-bond acceptors (Lipinski definition) is 5. The van der Waals surface area contributed by atoms with E-state index in [1.165, 1.54) is 6.33 Å². The maximum atomic E-state index is 12.8. The first-order valence-corrected chi connectivity index (χ1v) is 9.29. The molecule has 0 aliphatic heterocycles. The molecule has 1 amide bonds. The first-order chi connectivity index (χ1) is 14.1. The van der Waals surface area contributed by atoms with Gasteiger partial charge in [-0.2, -0.15) is 0 Å². The molecule has 0 saturated carbocycles. The average Bonchev–Trinajstić information content (AvgIpc) is 3.15. The van der Waals surface area contributed by atoms with E-state index in [0.717, 1.165) is 21.0 Å². The number of nitrogens with zero attached hydrogens (tertiary/aromatic N) is 3. The number of carbonyl (C=O) groups is 1. The Bertz CT molecular complexity index is 1130. The highest BCUT2D eigenvalue weighted by Crippen LogP contribution is 2.23. The molecule has 8 heteroatoms. The molecule has 3 N–H and O–H groups in total. The predicted octanol–water partition coefficient (Wildman–Crippen LogP) is 4.01. The Morgan fingerprint density at radius 2 is 1.97 bits per heavy atom. The van der Waals surface area contributed by atoms with Gasteiger partial charge in [0.2, 0.25) is 5.88 Å². The summed E-state index contributed by atoms with van der Waals surface area (Å²) in [6.45, 7) is 0.526. The van der Waals surface area contributed by atoms with Gasteiger partial charge in [-0.3, -0.25) is 4.79 Å². The molecule has 4 rings (SSSR count). The fourth-order valence-corrected chi connectivity index (χ4v) is 3.16. The van der Waals surface area contributed by atoms with E-state index >= 15 is 0 Å². The number of para-hydroxylation sites is 1. The normalized spacial score (nSPS) is 10.8. The molecule has 2 heterocycles. The monoisotopic (exact) mass is 407 g/mol. The Kier molecular flexibility index (Phi) is 5.41. The maximum absolute atomic E-state index is 12.8. The molecule has 0 radical (unpaired) electrons. The highest BCUT2D eigenvalue weighted by atomic mass is 35.5. The SMILES string of the molecule is NCc1cc(Oc2cccc(C(=O)N(Cl)Cc3cc4ccccc4[nH]3)c2)ncn1. The van der Waals surface area contributed by atoms with Crippen LogP contribution in [-0.4, -0.2) is 25.3 Å². The van der Waals surface area contributed by atoms with Gasteiger partial charge in [0.15, 0.2) is 0 Å². The third-order valence-electron chi connectivity index (χ3n) is 4.33. The molecule has 29 heavy (non-hydrogen) atoms. The van der Waals surface area contributed by atoms with Crippen molar-refractivity contribution in [1.82, 2.24) is 19.4 Å². The van der Waals surface area contributed by atoms with Crippen molar-refractivity contribution < 1.29 is 9.53 Å². The van der Waals surface area contributed by atoms with Gasteiger partial charge in [-0.1, -0.05) is 24.3 Å². The molecule has 0 aliphatic carbocycles. The Morgan fingerprint density at radius 1 is 1.10 bits per heavy atom. The van der Waals surface area contributed by atoms with E-state index in [0.29, 0.717) is 22.9 Å². The summed E-state index contributed by atoms with van der Waals surface area (Å²) in [5, 5.41) is 1.07. The van der Waals surface area contributed by atoms with Crippen LogP contribution in [-0.2, 0) is 13.1 Å². The summed E-state index contributed by atoms with van der Waals surface area (Å²) in [6, 6.07) is 18.3. The number of ether oxygens (including phenoxy) is 1. The fourth-order valence-electron chi connectivity index (χ4n) is 2.94. The first kappa shape index (κ1) is 18.9. The molecular weight excluding hydrogens is 390 g/mol. The molecule has 2 aromatic heterocycles. The van der Waals surface area contributed by atoms with Crippen molar-refractivity contribution in [3.63, 3.8) is 0 Å². The van der Waals surface area contributed by atoms with E-state index in [4.69, 9.17) is 22.2 Å². The Hall–Kier alpha value is -3.42. The van der Waals surface area contributed by atoms with Crippen molar-refractivity contribution in [2.45, 2.75) is 13.1 Å². The lowest BCUT2D eigenvalue weighted by Gasteiger charge is -2.14. The second kappa shape index (κ2) is 8.30. The molecule has 0 atom stereocenters. The van der Waals surface area contributed by atoms with Gasteiger partial charge >= 0.3 is 0 Å². The molecular formula is C21H18ClN5O2. The zero-order valence-corrected chi connectivity index (χ0v) is 16.1. The molecule has 4 aromatic rings. The lowest BCUT2D eigenvalue weighted by Crippen LogP contribution is -2.21. The van der Waals surface area contributed by atoms with Crippen molar-refractivity contribution in [2.75, 3.05) is 0 Å². The highest BCUT2D eigenvalue weighted by molar-refractivity contribution is 6.24. The number of aromatic amines is 1. The van der Waals surface area contributed by atoms with Crippen LogP contribution in [0.2, 0.25) is 0 Å². The van der Waals surface area contributed by atoms with Gasteiger partial charge in [0, 0.05) is 41.2 Å². The standard InChI is InChI=1S/C21H18ClN5O2/c22-27(12-17-8-14-4-1-2-7-19(14)26-17)21(28)15-5-3-6-18(9-15)29-20-10-16(11-23)24-13-25-20/h1-10,13,26H,11-12,23H2. The number of halogens is 1. The lowest BCUT2D eigenvalue weighted by molar-refractivity contribution is 0.0856. The van der Waals surface area contributed by atoms with E-state index in [9.17, 15) is 4.79 Å². The number of amides is 1. The zero-order chi connectivity index (χ0) is 20.2. The first-order valence-electron chi connectivity index (χ1n) is 8.95. The smallest absolute Gasteiger partial charge is 0.268 e. The van der Waals surface area contributed by atoms with Gasteiger partial charge in [-0.25, -0.2) is 14.4 Å². The molecule has 0 aliphatic rings. The molecule has 0 fully saturated rings. The molecule has 0 spiro atoms. The number of hydrogen-bond donors (Lipinski definition) is 2. The number of benzene rings is 2. The van der Waals surface area contributed by atoms with Gasteiger partial charge in [-0.05, 0) is 35.7 Å². The fraction of sp³-hybridized carbons (Fsp3) is 0.0952. The van der Waals surface area contributed by atoms with Crippen LogP contribution < -0.4 is 10.5 Å². The third-order valence-corrected chi connectivity index (χ3v) is 4.60. The van der Waals surface area contributed by atoms with Crippen LogP contribution in [0, 0.1) is 0 Å². The van der Waals surface area contributed by atoms with Gasteiger partial charge < -0.3 is 15.5 Å². The molecule has 0 bridgehead atoms. The van der Waals surface area contributed by atoms with Crippen molar-refractivity contribution in [3.05, 3.63) is 83.9 Å². The Labute approximate surface area is 172 Å². The van der Waals surface area contributed by atoms with Crippen molar-refractivity contribution in [1.29, 1.82) is 0 Å². The maximum Gasteiger partial charge on any atom is 0.268 e. The number of nitrogens with one attached hydrogen (secondary N) is 1. The Balaban J connectivity index is 1.48. The minimum atomic E-state index is -0.332. The van der Waals surface area contributed by atoms with Crippen molar-refractivity contribution in [2.24, 2.45) is 5.73 Å². The summed E-state index contributed by atoms with van der Waals surface area (Å²) in [5.41, 5.74) is 8.49. The molecule has 7 nitrogen and oxygen atoms in total. The molecule has 146 valence electrons. The van der Waals surface area contributed by atoms with Crippen LogP contribution in [0.3, 0.4) is 0 Å². The summed E-state index contributed by atoms with van der Waals surface area (Å²) >= 11 is 6.27. The summed E-state index contributed by atoms with van der Waals surface area (Å²) in [4.78, 5) is 24.1. The minimum Gasteiger partial charge on any atom is -0.439 e. The number of H-pyrrole nitrogens is 1. The highest BCUT2D eigenvalue weighted by Gasteiger charge is 2.16. The second-order valence-electron chi connectivity index (χ2n) is 6.39. The van der Waals surface area contributed by atoms with Gasteiger partial charge in [-0.15, -0.1) is 0 Å². The Morgan fingerprint density at radius 3 is 2.79 bits per heavy atom. The number of nitrogens with two attached hydrogens (primary N) is 1. The largest absolute Gasteiger partial charge is 0.439 e. The zero-order valence-electron chi connectivity index (χ0n) is 15.4. The number of carbonyl (C=O) groups excluding carboxylic acids is 1. The number of aromatic nitrogens is 3. The molecule has 0 saturated heterocycles. The van der Waals surface area contributed by atoms with Gasteiger partial charge in [0.1, 0.15) is 12.1 Å². The van der Waals surface area contributed by atoms with E-state index in [-0.39, 0.29) is 19.0 Å². The van der Waals surface area contributed by atoms with Crippen LogP contribution in [0.5, 0.6) is 11.6 Å². The topological polar surface area (TPSA) is 97.1 Å². The van der Waals surface area contributed by atoms with Crippen LogP contribution >= 0.6 is 11.8 Å². The predicted molar refractivity (Wildman–Crippen MR) is 110 cm³/mol. The number of fused-ring (bicyclic) bond motifs is 1. The summed E-state index contributed by atoms with van der Waals surface area (Å²) in [7, 11) is 0. The molecule has 2 aromatic carbocycles. The van der Waals surface area contributed by atoms with Crippen molar-refractivity contribution in [3.8, 4) is 11.6 Å². The summed E-state index contributed by atoms with van der Waals surface area (Å²) < 4.78 is 6.86. The summed E-state index contributed by atoms with van der Waals surface area (Å²) in [5.74, 6) is 0.486. The average molecular weight is 408 g/mol. The number of rotatable bonds is 6. The van der Waals surface area contributed by atoms with Crippen LogP contribution in [0.1, 0.15) is 21.7 Å². The van der Waals surface area contributed by atoms with E-state index in [1.54, 1.807) is 30.3 Å². The van der Waals surface area contributed by atoms with E-state index in [2.05, 4.69) is 15.0 Å².